The van der Waals surface area contributed by atoms with Gasteiger partial charge in [0.2, 0.25) is 11.8 Å². The summed E-state index contributed by atoms with van der Waals surface area (Å²) in [5.74, 6) is 2.23. The number of ether oxygens (including phenoxy) is 1. The van der Waals surface area contributed by atoms with E-state index in [1.54, 1.807) is 0 Å². The van der Waals surface area contributed by atoms with Gasteiger partial charge in [0.15, 0.2) is 5.82 Å². The lowest BCUT2D eigenvalue weighted by molar-refractivity contribution is -0.133. The van der Waals surface area contributed by atoms with Gasteiger partial charge in [-0.3, -0.25) is 4.79 Å². The largest absolute Gasteiger partial charge is 0.378 e. The van der Waals surface area contributed by atoms with Crippen molar-refractivity contribution in [1.82, 2.24) is 15.0 Å². The Morgan fingerprint density at radius 3 is 2.74 bits per heavy atom. The molecule has 2 aliphatic rings. The molecule has 1 aromatic heterocycles. The van der Waals surface area contributed by atoms with Crippen LogP contribution in [-0.2, 0) is 22.4 Å². The van der Waals surface area contributed by atoms with E-state index in [2.05, 4.69) is 23.1 Å². The standard InChI is InChI=1S/C21H27N3O3/c1-15-4-2-3-5-17(15)14-20(25)24-11-8-18(9-12-24)26-13-10-19-22-21(27-23-19)16-6-7-16/h2-5,16,18H,6-14H2,1H3. The molecular formula is C21H27N3O3. The molecule has 0 spiro atoms. The van der Waals surface area contributed by atoms with Gasteiger partial charge in [-0.1, -0.05) is 29.4 Å². The van der Waals surface area contributed by atoms with Gasteiger partial charge in [-0.2, -0.15) is 4.98 Å². The number of rotatable bonds is 7. The summed E-state index contributed by atoms with van der Waals surface area (Å²) in [6.45, 7) is 4.19. The first-order chi connectivity index (χ1) is 13.2. The minimum atomic E-state index is 0.210. The van der Waals surface area contributed by atoms with Crippen LogP contribution in [0.15, 0.2) is 28.8 Å². The molecule has 1 saturated heterocycles. The number of carbonyl (C=O) groups is 1. The molecule has 1 amide bonds. The van der Waals surface area contributed by atoms with Gasteiger partial charge in [-0.05, 0) is 43.7 Å². The summed E-state index contributed by atoms with van der Waals surface area (Å²) < 4.78 is 11.2. The fourth-order valence-corrected chi connectivity index (χ4v) is 3.54. The molecule has 1 aliphatic carbocycles. The van der Waals surface area contributed by atoms with Crippen LogP contribution in [0.1, 0.15) is 54.4 Å². The first-order valence-corrected chi connectivity index (χ1v) is 9.95. The lowest BCUT2D eigenvalue weighted by atomic mass is 10.0. The van der Waals surface area contributed by atoms with Gasteiger partial charge in [-0.15, -0.1) is 0 Å². The molecule has 2 aromatic rings. The van der Waals surface area contributed by atoms with Crippen LogP contribution in [0.2, 0.25) is 0 Å². The highest BCUT2D eigenvalue weighted by Gasteiger charge is 2.29. The molecule has 0 atom stereocenters. The van der Waals surface area contributed by atoms with Crippen LogP contribution >= 0.6 is 0 Å². The fourth-order valence-electron chi connectivity index (χ4n) is 3.54. The summed E-state index contributed by atoms with van der Waals surface area (Å²) in [5.41, 5.74) is 2.29. The molecule has 2 heterocycles. The molecule has 0 N–H and O–H groups in total. The van der Waals surface area contributed by atoms with Crippen molar-refractivity contribution in [2.45, 2.75) is 57.5 Å². The zero-order chi connectivity index (χ0) is 18.6. The minimum absolute atomic E-state index is 0.210. The maximum absolute atomic E-state index is 12.5. The first kappa shape index (κ1) is 18.2. The number of benzene rings is 1. The Balaban J connectivity index is 1.17. The Bertz CT molecular complexity index is 776. The van der Waals surface area contributed by atoms with Crippen LogP contribution in [0.4, 0.5) is 0 Å². The summed E-state index contributed by atoms with van der Waals surface area (Å²) in [6.07, 6.45) is 5.49. The van der Waals surface area contributed by atoms with Crippen molar-refractivity contribution < 1.29 is 14.1 Å². The molecule has 1 saturated carbocycles. The first-order valence-electron chi connectivity index (χ1n) is 9.95. The number of piperidine rings is 1. The smallest absolute Gasteiger partial charge is 0.229 e. The summed E-state index contributed by atoms with van der Waals surface area (Å²) in [6, 6.07) is 8.09. The van der Waals surface area contributed by atoms with Gasteiger partial charge in [0, 0.05) is 25.4 Å². The third-order valence-corrected chi connectivity index (χ3v) is 5.49. The monoisotopic (exact) mass is 369 g/mol. The van der Waals surface area contributed by atoms with E-state index < -0.39 is 0 Å². The van der Waals surface area contributed by atoms with Gasteiger partial charge in [0.25, 0.3) is 0 Å². The predicted octanol–water partition coefficient (Wildman–Crippen LogP) is 3.05. The van der Waals surface area contributed by atoms with E-state index in [9.17, 15) is 4.79 Å². The summed E-state index contributed by atoms with van der Waals surface area (Å²) >= 11 is 0. The molecule has 0 bridgehead atoms. The molecule has 6 nitrogen and oxygen atoms in total. The summed E-state index contributed by atoms with van der Waals surface area (Å²) in [5, 5.41) is 4.02. The van der Waals surface area contributed by atoms with Crippen molar-refractivity contribution >= 4 is 5.91 Å². The minimum Gasteiger partial charge on any atom is -0.378 e. The van der Waals surface area contributed by atoms with Crippen LogP contribution in [0.25, 0.3) is 0 Å². The highest BCUT2D eigenvalue weighted by molar-refractivity contribution is 5.79. The predicted molar refractivity (Wildman–Crippen MR) is 100 cm³/mol. The van der Waals surface area contributed by atoms with Crippen molar-refractivity contribution in [3.05, 3.63) is 47.1 Å². The zero-order valence-corrected chi connectivity index (χ0v) is 15.9. The molecule has 144 valence electrons. The average molecular weight is 369 g/mol. The number of aryl methyl sites for hydroxylation is 1. The van der Waals surface area contributed by atoms with E-state index in [0.29, 0.717) is 25.4 Å². The highest BCUT2D eigenvalue weighted by Crippen LogP contribution is 2.38. The molecule has 2 fully saturated rings. The third-order valence-electron chi connectivity index (χ3n) is 5.49. The molecule has 1 aromatic carbocycles. The van der Waals surface area contributed by atoms with Gasteiger partial charge >= 0.3 is 0 Å². The molecule has 0 unspecified atom stereocenters. The lowest BCUT2D eigenvalue weighted by Gasteiger charge is -2.32. The van der Waals surface area contributed by atoms with E-state index in [4.69, 9.17) is 9.26 Å². The molecule has 1 aliphatic heterocycles. The number of hydrogen-bond donors (Lipinski definition) is 0. The second-order valence-corrected chi connectivity index (χ2v) is 7.63. The molecule has 27 heavy (non-hydrogen) atoms. The Kier molecular flexibility index (Phi) is 5.53. The summed E-state index contributed by atoms with van der Waals surface area (Å²) in [7, 11) is 0. The maximum Gasteiger partial charge on any atom is 0.229 e. The van der Waals surface area contributed by atoms with Crippen LogP contribution < -0.4 is 0 Å². The van der Waals surface area contributed by atoms with Crippen molar-refractivity contribution in [2.75, 3.05) is 19.7 Å². The highest BCUT2D eigenvalue weighted by atomic mass is 16.5. The summed E-state index contributed by atoms with van der Waals surface area (Å²) in [4.78, 5) is 18.9. The van der Waals surface area contributed by atoms with Gasteiger partial charge in [0.05, 0.1) is 19.1 Å². The second kappa shape index (κ2) is 8.21. The number of hydrogen-bond acceptors (Lipinski definition) is 5. The van der Waals surface area contributed by atoms with Crippen molar-refractivity contribution in [1.29, 1.82) is 0 Å². The average Bonchev–Trinajstić information content (AvgIpc) is 3.43. The van der Waals surface area contributed by atoms with Crippen molar-refractivity contribution in [3.8, 4) is 0 Å². The number of aromatic nitrogens is 2. The number of nitrogens with zero attached hydrogens (tertiary/aromatic N) is 3. The third kappa shape index (κ3) is 4.75. The Labute approximate surface area is 159 Å². The molecular weight excluding hydrogens is 342 g/mol. The molecule has 6 heteroatoms. The van der Waals surface area contributed by atoms with Gasteiger partial charge in [-0.25, -0.2) is 0 Å². The van der Waals surface area contributed by atoms with Crippen LogP contribution in [0, 0.1) is 6.92 Å². The molecule has 4 rings (SSSR count). The lowest BCUT2D eigenvalue weighted by Crippen LogP contribution is -2.41. The van der Waals surface area contributed by atoms with E-state index in [1.807, 2.05) is 23.1 Å². The van der Waals surface area contributed by atoms with Crippen LogP contribution in [0.3, 0.4) is 0 Å². The van der Waals surface area contributed by atoms with Crippen molar-refractivity contribution in [2.24, 2.45) is 0 Å². The Morgan fingerprint density at radius 2 is 2.00 bits per heavy atom. The second-order valence-electron chi connectivity index (χ2n) is 7.63. The van der Waals surface area contributed by atoms with E-state index >= 15 is 0 Å². The fraction of sp³-hybridized carbons (Fsp3) is 0.571. The van der Waals surface area contributed by atoms with Crippen LogP contribution in [-0.4, -0.2) is 46.7 Å². The van der Waals surface area contributed by atoms with Crippen molar-refractivity contribution in [3.63, 3.8) is 0 Å². The SMILES string of the molecule is Cc1ccccc1CC(=O)N1CCC(OCCc2noc(C3CC3)n2)CC1. The normalized spacial score (nSPS) is 18.0. The number of carbonyl (C=O) groups excluding carboxylic acids is 1. The zero-order valence-electron chi connectivity index (χ0n) is 15.9. The topological polar surface area (TPSA) is 68.5 Å². The van der Waals surface area contributed by atoms with E-state index in [1.165, 1.54) is 18.4 Å². The Hall–Kier alpha value is -2.21. The van der Waals surface area contributed by atoms with Gasteiger partial charge < -0.3 is 14.2 Å². The van der Waals surface area contributed by atoms with Gasteiger partial charge in [0.1, 0.15) is 0 Å². The molecule has 0 radical (unpaired) electrons. The maximum atomic E-state index is 12.5. The number of amides is 1. The Morgan fingerprint density at radius 1 is 1.22 bits per heavy atom. The number of likely N-dealkylation sites (tertiary alicyclic amines) is 1. The quantitative estimate of drug-likeness (QED) is 0.750. The van der Waals surface area contributed by atoms with Crippen LogP contribution in [0.5, 0.6) is 0 Å². The van der Waals surface area contributed by atoms with E-state index in [0.717, 1.165) is 43.2 Å². The van der Waals surface area contributed by atoms with E-state index in [-0.39, 0.29) is 12.0 Å².